The van der Waals surface area contributed by atoms with Crippen LogP contribution >= 0.6 is 0 Å². The third kappa shape index (κ3) is 6.84. The van der Waals surface area contributed by atoms with Crippen LogP contribution in [-0.4, -0.2) is 48.7 Å². The van der Waals surface area contributed by atoms with Crippen LogP contribution in [0.2, 0.25) is 0 Å². The molecule has 1 atom stereocenters. The van der Waals surface area contributed by atoms with Crippen molar-refractivity contribution in [2.24, 2.45) is 0 Å². The molecule has 92 valence electrons. The maximum Gasteiger partial charge on any atom is 0.0785 e. The van der Waals surface area contributed by atoms with E-state index in [-0.39, 0.29) is 0 Å². The Bertz CT molecular complexity index is 149. The van der Waals surface area contributed by atoms with Crippen LogP contribution in [0.25, 0.3) is 0 Å². The number of methoxy groups -OCH3 is 1. The van der Waals surface area contributed by atoms with Crippen LogP contribution in [0.1, 0.15) is 33.1 Å². The fraction of sp³-hybridized carbons (Fsp3) is 1.00. The summed E-state index contributed by atoms with van der Waals surface area (Å²) in [6.07, 6.45) is 1.73. The highest BCUT2D eigenvalue weighted by Gasteiger charge is 2.21. The molecule has 4 heteroatoms. The lowest BCUT2D eigenvalue weighted by Gasteiger charge is -2.25. The number of nitrogens with one attached hydrogen (secondary N) is 1. The molecule has 0 aromatic carbocycles. The van der Waals surface area contributed by atoms with E-state index in [9.17, 15) is 10.2 Å². The number of aliphatic hydroxyl groups is 2. The van der Waals surface area contributed by atoms with Crippen molar-refractivity contribution in [2.45, 2.75) is 44.8 Å². The molecule has 0 aliphatic carbocycles. The molecule has 0 aromatic heterocycles. The van der Waals surface area contributed by atoms with Crippen LogP contribution < -0.4 is 5.32 Å². The fourth-order valence-electron chi connectivity index (χ4n) is 1.37. The first-order chi connectivity index (χ1) is 7.08. The molecule has 0 saturated carbocycles. The van der Waals surface area contributed by atoms with Crippen molar-refractivity contribution in [1.82, 2.24) is 5.32 Å². The molecule has 0 aliphatic heterocycles. The van der Waals surface area contributed by atoms with E-state index >= 15 is 0 Å². The molecule has 3 N–H and O–H groups in total. The lowest BCUT2D eigenvalue weighted by atomic mass is 9.97. The number of hydrogen-bond acceptors (Lipinski definition) is 4. The Morgan fingerprint density at radius 3 is 2.40 bits per heavy atom. The molecule has 4 nitrogen and oxygen atoms in total. The van der Waals surface area contributed by atoms with Crippen LogP contribution in [0.5, 0.6) is 0 Å². The summed E-state index contributed by atoms with van der Waals surface area (Å²) in [5.41, 5.74) is -0.605. The van der Waals surface area contributed by atoms with E-state index in [0.717, 1.165) is 12.8 Å². The van der Waals surface area contributed by atoms with Crippen LogP contribution in [0.15, 0.2) is 0 Å². The van der Waals surface area contributed by atoms with Gasteiger partial charge in [0.1, 0.15) is 0 Å². The molecule has 0 heterocycles. The van der Waals surface area contributed by atoms with Crippen molar-refractivity contribution < 1.29 is 14.9 Å². The first-order valence-corrected chi connectivity index (χ1v) is 5.68. The molecular weight excluding hydrogens is 194 g/mol. The van der Waals surface area contributed by atoms with E-state index < -0.39 is 11.7 Å². The van der Waals surface area contributed by atoms with Gasteiger partial charge in [-0.2, -0.15) is 0 Å². The molecule has 0 bridgehead atoms. The highest BCUT2D eigenvalue weighted by molar-refractivity contribution is 4.77. The number of aliphatic hydroxyl groups excluding tert-OH is 1. The zero-order valence-electron chi connectivity index (χ0n) is 10.1. The molecule has 0 aromatic rings. The summed E-state index contributed by atoms with van der Waals surface area (Å²) >= 11 is 0. The maximum atomic E-state index is 9.95. The molecule has 0 rings (SSSR count). The van der Waals surface area contributed by atoms with E-state index in [1.165, 1.54) is 0 Å². The minimum absolute atomic E-state index is 0.369. The van der Waals surface area contributed by atoms with Crippen molar-refractivity contribution >= 4 is 0 Å². The fourth-order valence-corrected chi connectivity index (χ4v) is 1.37. The van der Waals surface area contributed by atoms with Crippen molar-refractivity contribution in [2.75, 3.05) is 26.8 Å². The Labute approximate surface area is 92.6 Å². The lowest BCUT2D eigenvalue weighted by Crippen LogP contribution is -2.40. The van der Waals surface area contributed by atoms with E-state index in [1.54, 1.807) is 7.11 Å². The Balaban J connectivity index is 3.52. The van der Waals surface area contributed by atoms with Gasteiger partial charge in [-0.05, 0) is 25.8 Å². The smallest absolute Gasteiger partial charge is 0.0785 e. The highest BCUT2D eigenvalue weighted by atomic mass is 16.5. The first-order valence-electron chi connectivity index (χ1n) is 5.68. The second kappa shape index (κ2) is 8.05. The van der Waals surface area contributed by atoms with Crippen LogP contribution in [0, 0.1) is 0 Å². The third-order valence-corrected chi connectivity index (χ3v) is 2.78. The second-order valence-corrected chi connectivity index (χ2v) is 4.01. The average Bonchev–Trinajstić information content (AvgIpc) is 2.24. The summed E-state index contributed by atoms with van der Waals surface area (Å²) < 4.78 is 4.82. The normalized spacial score (nSPS) is 14.2. The van der Waals surface area contributed by atoms with Crippen molar-refractivity contribution in [3.8, 4) is 0 Å². The van der Waals surface area contributed by atoms with Gasteiger partial charge in [0, 0.05) is 13.7 Å². The van der Waals surface area contributed by atoms with Gasteiger partial charge < -0.3 is 20.3 Å². The Kier molecular flexibility index (Phi) is 7.96. The Morgan fingerprint density at radius 1 is 1.33 bits per heavy atom. The largest absolute Gasteiger partial charge is 0.391 e. The van der Waals surface area contributed by atoms with E-state index in [0.29, 0.717) is 26.1 Å². The van der Waals surface area contributed by atoms with Gasteiger partial charge in [-0.25, -0.2) is 0 Å². The van der Waals surface area contributed by atoms with Crippen LogP contribution in [-0.2, 0) is 4.74 Å². The van der Waals surface area contributed by atoms with Crippen molar-refractivity contribution in [1.29, 1.82) is 0 Å². The standard InChI is InChI=1S/C11H25NO3/c1-4-11(14,5-2)9-12-7-6-10(13)8-15-3/h10,12-14H,4-9H2,1-3H3. The summed E-state index contributed by atoms with van der Waals surface area (Å²) in [5.74, 6) is 0. The van der Waals surface area contributed by atoms with Gasteiger partial charge >= 0.3 is 0 Å². The minimum atomic E-state index is -0.605. The second-order valence-electron chi connectivity index (χ2n) is 4.01. The van der Waals surface area contributed by atoms with Crippen molar-refractivity contribution in [3.63, 3.8) is 0 Å². The predicted octanol–water partition coefficient (Wildman–Crippen LogP) is 0.524. The zero-order valence-corrected chi connectivity index (χ0v) is 10.1. The van der Waals surface area contributed by atoms with Gasteiger partial charge in [-0.15, -0.1) is 0 Å². The highest BCUT2D eigenvalue weighted by Crippen LogP contribution is 2.12. The molecule has 0 aliphatic rings. The van der Waals surface area contributed by atoms with Crippen LogP contribution in [0.4, 0.5) is 0 Å². The molecule has 0 saturated heterocycles. The number of rotatable bonds is 9. The van der Waals surface area contributed by atoms with Crippen molar-refractivity contribution in [3.05, 3.63) is 0 Å². The molecule has 0 fully saturated rings. The Hall–Kier alpha value is -0.160. The van der Waals surface area contributed by atoms with Crippen LogP contribution in [0.3, 0.4) is 0 Å². The van der Waals surface area contributed by atoms with Gasteiger partial charge in [0.05, 0.1) is 18.3 Å². The quantitative estimate of drug-likeness (QED) is 0.495. The molecule has 15 heavy (non-hydrogen) atoms. The van der Waals surface area contributed by atoms with E-state index in [4.69, 9.17) is 4.74 Å². The maximum absolute atomic E-state index is 9.95. The average molecular weight is 219 g/mol. The van der Waals surface area contributed by atoms with Gasteiger partial charge in [-0.3, -0.25) is 0 Å². The topological polar surface area (TPSA) is 61.7 Å². The Morgan fingerprint density at radius 2 is 1.93 bits per heavy atom. The summed E-state index contributed by atoms with van der Waals surface area (Å²) in [5, 5.41) is 22.5. The zero-order chi connectivity index (χ0) is 11.7. The van der Waals surface area contributed by atoms with Gasteiger partial charge in [0.25, 0.3) is 0 Å². The summed E-state index contributed by atoms with van der Waals surface area (Å²) in [6.45, 7) is 5.61. The molecule has 0 radical (unpaired) electrons. The molecule has 0 amide bonds. The predicted molar refractivity (Wildman–Crippen MR) is 60.9 cm³/mol. The van der Waals surface area contributed by atoms with E-state index in [1.807, 2.05) is 13.8 Å². The molecule has 1 unspecified atom stereocenters. The van der Waals surface area contributed by atoms with E-state index in [2.05, 4.69) is 5.32 Å². The number of ether oxygens (including phenoxy) is 1. The summed E-state index contributed by atoms with van der Waals surface area (Å²) in [4.78, 5) is 0. The van der Waals surface area contributed by atoms with Gasteiger partial charge in [0.15, 0.2) is 0 Å². The summed E-state index contributed by atoms with van der Waals surface area (Å²) in [7, 11) is 1.57. The third-order valence-electron chi connectivity index (χ3n) is 2.78. The molecular formula is C11H25NO3. The summed E-state index contributed by atoms with van der Waals surface area (Å²) in [6, 6.07) is 0. The SMILES string of the molecule is CCC(O)(CC)CNCCC(O)COC. The number of hydrogen-bond donors (Lipinski definition) is 3. The lowest BCUT2D eigenvalue weighted by molar-refractivity contribution is 0.0290. The monoisotopic (exact) mass is 219 g/mol. The van der Waals surface area contributed by atoms with Gasteiger partial charge in [0.2, 0.25) is 0 Å². The van der Waals surface area contributed by atoms with Gasteiger partial charge in [-0.1, -0.05) is 13.8 Å². The minimum Gasteiger partial charge on any atom is -0.391 e. The molecule has 0 spiro atoms. The first kappa shape index (κ1) is 14.8.